The van der Waals surface area contributed by atoms with Crippen LogP contribution in [-0.2, 0) is 0 Å². The van der Waals surface area contributed by atoms with Crippen LogP contribution in [-0.4, -0.2) is 16.8 Å². The van der Waals surface area contributed by atoms with Crippen LogP contribution in [0.3, 0.4) is 0 Å². The number of benzene rings is 2. The smallest absolute Gasteiger partial charge is 0.267 e. The monoisotopic (exact) mass is 405 g/mol. The highest BCUT2D eigenvalue weighted by molar-refractivity contribution is 7.17. The second kappa shape index (κ2) is 7.86. The van der Waals surface area contributed by atoms with Gasteiger partial charge in [-0.05, 0) is 43.3 Å². The predicted molar refractivity (Wildman–Crippen MR) is 106 cm³/mol. The van der Waals surface area contributed by atoms with E-state index < -0.39 is 0 Å². The lowest BCUT2D eigenvalue weighted by Crippen LogP contribution is -2.12. The zero-order valence-corrected chi connectivity index (χ0v) is 15.9. The van der Waals surface area contributed by atoms with Gasteiger partial charge in [-0.25, -0.2) is 4.98 Å². The Morgan fingerprint density at radius 2 is 1.65 bits per heavy atom. The van der Waals surface area contributed by atoms with Gasteiger partial charge in [-0.2, -0.15) is 0 Å². The van der Waals surface area contributed by atoms with Gasteiger partial charge in [0.15, 0.2) is 5.13 Å². The Hall–Kier alpha value is -2.41. The zero-order chi connectivity index (χ0) is 18.7. The lowest BCUT2D eigenvalue weighted by atomic mass is 10.2. The molecule has 0 spiro atoms. The molecule has 0 aliphatic rings. The molecule has 1 aromatic heterocycles. The van der Waals surface area contributed by atoms with Crippen LogP contribution in [0.2, 0.25) is 10.0 Å². The van der Waals surface area contributed by atoms with E-state index in [1.54, 1.807) is 55.5 Å². The largest absolute Gasteiger partial charge is 0.321 e. The molecule has 2 N–H and O–H groups in total. The van der Waals surface area contributed by atoms with Crippen molar-refractivity contribution in [1.29, 1.82) is 0 Å². The summed E-state index contributed by atoms with van der Waals surface area (Å²) < 4.78 is 0. The van der Waals surface area contributed by atoms with E-state index >= 15 is 0 Å². The molecule has 0 atom stereocenters. The molecule has 0 bridgehead atoms. The summed E-state index contributed by atoms with van der Waals surface area (Å²) in [5.41, 5.74) is 1.49. The van der Waals surface area contributed by atoms with Crippen molar-refractivity contribution < 1.29 is 9.59 Å². The van der Waals surface area contributed by atoms with Crippen molar-refractivity contribution >= 4 is 57.2 Å². The first-order chi connectivity index (χ1) is 12.4. The van der Waals surface area contributed by atoms with Gasteiger partial charge >= 0.3 is 0 Å². The molecule has 0 saturated carbocycles. The van der Waals surface area contributed by atoms with E-state index in [1.165, 1.54) is 0 Å². The van der Waals surface area contributed by atoms with E-state index in [-0.39, 0.29) is 11.8 Å². The van der Waals surface area contributed by atoms with Gasteiger partial charge in [-0.15, -0.1) is 0 Å². The van der Waals surface area contributed by atoms with Crippen molar-refractivity contribution in [2.75, 3.05) is 10.6 Å². The van der Waals surface area contributed by atoms with Crippen LogP contribution in [0.5, 0.6) is 0 Å². The number of carbonyl (C=O) groups excluding carboxylic acids is 2. The molecule has 0 aliphatic heterocycles. The highest BCUT2D eigenvalue weighted by atomic mass is 35.5. The number of carbonyl (C=O) groups is 2. The maximum Gasteiger partial charge on any atom is 0.267 e. The number of hydrogen-bond acceptors (Lipinski definition) is 4. The van der Waals surface area contributed by atoms with E-state index in [1.807, 2.05) is 0 Å². The van der Waals surface area contributed by atoms with Gasteiger partial charge < -0.3 is 5.32 Å². The fourth-order valence-corrected chi connectivity index (χ4v) is 3.40. The number of anilines is 2. The van der Waals surface area contributed by atoms with Crippen molar-refractivity contribution in [3.63, 3.8) is 0 Å². The molecule has 3 aromatic rings. The van der Waals surface area contributed by atoms with Crippen LogP contribution in [0, 0.1) is 6.92 Å². The third-order valence-electron chi connectivity index (χ3n) is 3.44. The number of thiazole rings is 1. The van der Waals surface area contributed by atoms with Gasteiger partial charge in [-0.1, -0.05) is 46.7 Å². The van der Waals surface area contributed by atoms with Crippen LogP contribution >= 0.6 is 34.5 Å². The summed E-state index contributed by atoms with van der Waals surface area (Å²) in [5, 5.41) is 6.70. The molecular weight excluding hydrogens is 393 g/mol. The Kier molecular flexibility index (Phi) is 5.56. The van der Waals surface area contributed by atoms with E-state index in [0.717, 1.165) is 11.3 Å². The number of nitrogens with one attached hydrogen (secondary N) is 2. The first-order valence-electron chi connectivity index (χ1n) is 7.54. The molecule has 0 radical (unpaired) electrons. The maximum absolute atomic E-state index is 12.4. The first-order valence-corrected chi connectivity index (χ1v) is 9.11. The molecule has 1 heterocycles. The lowest BCUT2D eigenvalue weighted by molar-refractivity contribution is 0.102. The van der Waals surface area contributed by atoms with Crippen molar-refractivity contribution in [1.82, 2.24) is 4.98 Å². The van der Waals surface area contributed by atoms with Gasteiger partial charge in [0.05, 0.1) is 16.3 Å². The number of aryl methyl sites for hydroxylation is 1. The van der Waals surface area contributed by atoms with Gasteiger partial charge in [0.25, 0.3) is 11.8 Å². The highest BCUT2D eigenvalue weighted by Gasteiger charge is 2.18. The standard InChI is InChI=1S/C18H13Cl2N3O2S/c1-10-15(17(25)22-12-8-6-11(19)7-9-12)26-18(21-10)23-16(24)13-4-2-3-5-14(13)20/h2-9H,1H3,(H,22,25)(H,21,23,24). The predicted octanol–water partition coefficient (Wildman–Crippen LogP) is 5.26. The molecular formula is C18H13Cl2N3O2S. The normalized spacial score (nSPS) is 10.4. The summed E-state index contributed by atoms with van der Waals surface area (Å²) in [6.07, 6.45) is 0. The summed E-state index contributed by atoms with van der Waals surface area (Å²) in [6.45, 7) is 1.71. The topological polar surface area (TPSA) is 71.1 Å². The summed E-state index contributed by atoms with van der Waals surface area (Å²) in [6, 6.07) is 13.5. The molecule has 26 heavy (non-hydrogen) atoms. The van der Waals surface area contributed by atoms with E-state index in [2.05, 4.69) is 15.6 Å². The van der Waals surface area contributed by atoms with Crippen molar-refractivity contribution in [2.45, 2.75) is 6.92 Å². The number of amides is 2. The van der Waals surface area contributed by atoms with Crippen LogP contribution in [0.1, 0.15) is 25.7 Å². The number of hydrogen-bond donors (Lipinski definition) is 2. The van der Waals surface area contributed by atoms with Gasteiger partial charge in [0.1, 0.15) is 4.88 Å². The maximum atomic E-state index is 12.4. The number of nitrogens with zero attached hydrogens (tertiary/aromatic N) is 1. The molecule has 3 rings (SSSR count). The second-order valence-electron chi connectivity index (χ2n) is 5.33. The average Bonchev–Trinajstić information content (AvgIpc) is 2.97. The molecule has 2 aromatic carbocycles. The van der Waals surface area contributed by atoms with Gasteiger partial charge in [0, 0.05) is 10.7 Å². The number of aromatic nitrogens is 1. The molecule has 0 saturated heterocycles. The molecule has 0 aliphatic carbocycles. The summed E-state index contributed by atoms with van der Waals surface area (Å²) in [5.74, 6) is -0.686. The summed E-state index contributed by atoms with van der Waals surface area (Å²) in [4.78, 5) is 29.4. The average molecular weight is 406 g/mol. The summed E-state index contributed by atoms with van der Waals surface area (Å²) >= 11 is 13.0. The highest BCUT2D eigenvalue weighted by Crippen LogP contribution is 2.25. The summed E-state index contributed by atoms with van der Waals surface area (Å²) in [7, 11) is 0. The van der Waals surface area contributed by atoms with Crippen molar-refractivity contribution in [2.24, 2.45) is 0 Å². The molecule has 8 heteroatoms. The van der Waals surface area contributed by atoms with Gasteiger partial charge in [-0.3, -0.25) is 14.9 Å². The van der Waals surface area contributed by atoms with Crippen molar-refractivity contribution in [3.8, 4) is 0 Å². The third kappa shape index (κ3) is 4.22. The SMILES string of the molecule is Cc1nc(NC(=O)c2ccccc2Cl)sc1C(=O)Nc1ccc(Cl)cc1. The minimum Gasteiger partial charge on any atom is -0.321 e. The molecule has 132 valence electrons. The fourth-order valence-electron chi connectivity index (χ4n) is 2.19. The molecule has 2 amide bonds. The second-order valence-corrected chi connectivity index (χ2v) is 7.17. The van der Waals surface area contributed by atoms with E-state index in [4.69, 9.17) is 23.2 Å². The zero-order valence-electron chi connectivity index (χ0n) is 13.5. The Morgan fingerprint density at radius 3 is 2.35 bits per heavy atom. The van der Waals surface area contributed by atoms with Crippen LogP contribution in [0.4, 0.5) is 10.8 Å². The number of rotatable bonds is 4. The van der Waals surface area contributed by atoms with E-state index in [0.29, 0.717) is 37.0 Å². The Labute approximate surface area is 164 Å². The minimum atomic E-state index is -0.381. The molecule has 0 unspecified atom stereocenters. The van der Waals surface area contributed by atoms with Crippen LogP contribution in [0.15, 0.2) is 48.5 Å². The number of halogens is 2. The van der Waals surface area contributed by atoms with Crippen molar-refractivity contribution in [3.05, 3.63) is 74.7 Å². The molecule has 0 fully saturated rings. The fraction of sp³-hybridized carbons (Fsp3) is 0.0556. The van der Waals surface area contributed by atoms with Crippen LogP contribution < -0.4 is 10.6 Å². The van der Waals surface area contributed by atoms with E-state index in [9.17, 15) is 9.59 Å². The Morgan fingerprint density at radius 1 is 0.962 bits per heavy atom. The third-order valence-corrected chi connectivity index (χ3v) is 5.10. The molecule has 5 nitrogen and oxygen atoms in total. The lowest BCUT2D eigenvalue weighted by Gasteiger charge is -2.04. The Balaban J connectivity index is 1.74. The minimum absolute atomic E-state index is 0.305. The quantitative estimate of drug-likeness (QED) is 0.621. The van der Waals surface area contributed by atoms with Crippen LogP contribution in [0.25, 0.3) is 0 Å². The van der Waals surface area contributed by atoms with Gasteiger partial charge in [0.2, 0.25) is 0 Å². The first kappa shape index (κ1) is 18.4. The Bertz CT molecular complexity index is 971.